The van der Waals surface area contributed by atoms with Crippen LogP contribution in [0.4, 0.5) is 5.69 Å². The number of nitrogens with one attached hydrogen (secondary N) is 1. The van der Waals surface area contributed by atoms with Gasteiger partial charge in [-0.05, 0) is 55.3 Å². The maximum Gasteiger partial charge on any atom is 0.165 e. The summed E-state index contributed by atoms with van der Waals surface area (Å²) < 4.78 is 5.77. The predicted molar refractivity (Wildman–Crippen MR) is 125 cm³/mol. The summed E-state index contributed by atoms with van der Waals surface area (Å²) in [7, 11) is 0. The molecule has 156 valence electrons. The van der Waals surface area contributed by atoms with Gasteiger partial charge < -0.3 is 10.1 Å². The fourth-order valence-electron chi connectivity index (χ4n) is 3.17. The van der Waals surface area contributed by atoms with E-state index in [-0.39, 0.29) is 11.8 Å². The van der Waals surface area contributed by atoms with Crippen LogP contribution in [0.25, 0.3) is 0 Å². The van der Waals surface area contributed by atoms with Gasteiger partial charge in [0.05, 0.1) is 12.6 Å². The lowest BCUT2D eigenvalue weighted by molar-refractivity contribution is 0.0976. The van der Waals surface area contributed by atoms with E-state index in [1.807, 2.05) is 79.7 Å². The number of unbranched alkanes of at least 4 members (excludes halogenated alkanes) is 1. The Morgan fingerprint density at radius 1 is 0.967 bits per heavy atom. The molecule has 1 atom stereocenters. The monoisotopic (exact) mass is 421 g/mol. The Bertz CT molecular complexity index is 934. The summed E-state index contributed by atoms with van der Waals surface area (Å²) >= 11 is 6.02. The molecule has 0 heterocycles. The maximum absolute atomic E-state index is 12.9. The lowest BCUT2D eigenvalue weighted by atomic mass is 9.97. The number of carbonyl (C=O) groups is 1. The summed E-state index contributed by atoms with van der Waals surface area (Å²) in [6.07, 6.45) is 2.49. The average molecular weight is 422 g/mol. The quantitative estimate of drug-likeness (QED) is 0.276. The van der Waals surface area contributed by atoms with E-state index in [4.69, 9.17) is 16.3 Å². The van der Waals surface area contributed by atoms with E-state index in [1.54, 1.807) is 0 Å². The van der Waals surface area contributed by atoms with Crippen LogP contribution in [-0.4, -0.2) is 12.4 Å². The zero-order valence-electron chi connectivity index (χ0n) is 17.5. The van der Waals surface area contributed by atoms with E-state index in [0.29, 0.717) is 18.1 Å². The van der Waals surface area contributed by atoms with Crippen LogP contribution < -0.4 is 10.1 Å². The summed E-state index contributed by atoms with van der Waals surface area (Å²) in [4.78, 5) is 12.9. The molecule has 0 fully saturated rings. The first-order valence-corrected chi connectivity index (χ1v) is 10.8. The summed E-state index contributed by atoms with van der Waals surface area (Å²) in [6.45, 7) is 4.88. The molecule has 0 aromatic heterocycles. The van der Waals surface area contributed by atoms with Crippen LogP contribution in [0.5, 0.6) is 5.75 Å². The van der Waals surface area contributed by atoms with Crippen LogP contribution in [0, 0.1) is 6.92 Å². The van der Waals surface area contributed by atoms with Crippen molar-refractivity contribution in [3.63, 3.8) is 0 Å². The molecule has 0 spiro atoms. The van der Waals surface area contributed by atoms with Crippen LogP contribution in [0.1, 0.15) is 53.7 Å². The third-order valence-corrected chi connectivity index (χ3v) is 5.25. The number of ketones is 1. The van der Waals surface area contributed by atoms with Gasteiger partial charge in [0.2, 0.25) is 0 Å². The molecular formula is C26H28ClNO2. The number of halogens is 1. The van der Waals surface area contributed by atoms with Gasteiger partial charge in [-0.25, -0.2) is 0 Å². The molecule has 0 bridgehead atoms. The number of ether oxygens (including phenoxy) is 1. The number of hydrogen-bond acceptors (Lipinski definition) is 3. The molecule has 0 amide bonds. The Labute approximate surface area is 184 Å². The number of rotatable bonds is 10. The largest absolute Gasteiger partial charge is 0.494 e. The van der Waals surface area contributed by atoms with Crippen LogP contribution in [-0.2, 0) is 0 Å². The van der Waals surface area contributed by atoms with Crippen LogP contribution in [0.2, 0.25) is 5.02 Å². The second kappa shape index (κ2) is 10.8. The SMILES string of the molecule is CCCCOc1ccc([C@@H](CC(=O)c2ccc(C)cc2)Nc2ccc(Cl)cc2)cc1. The third-order valence-electron chi connectivity index (χ3n) is 5.00. The van der Waals surface area contributed by atoms with E-state index in [2.05, 4.69) is 12.2 Å². The minimum atomic E-state index is -0.162. The lowest BCUT2D eigenvalue weighted by Gasteiger charge is -2.21. The van der Waals surface area contributed by atoms with E-state index in [0.717, 1.165) is 41.0 Å². The first-order chi connectivity index (χ1) is 14.5. The van der Waals surface area contributed by atoms with Crippen LogP contribution in [0.3, 0.4) is 0 Å². The molecule has 0 saturated carbocycles. The molecule has 0 saturated heterocycles. The summed E-state index contributed by atoms with van der Waals surface area (Å²) in [5.41, 5.74) is 3.82. The number of Topliss-reactive ketones (excluding diaryl/α,β-unsaturated/α-hetero) is 1. The van der Waals surface area contributed by atoms with Crippen molar-refractivity contribution in [3.05, 3.63) is 94.5 Å². The number of aryl methyl sites for hydroxylation is 1. The van der Waals surface area contributed by atoms with Gasteiger partial charge in [0.1, 0.15) is 5.75 Å². The molecule has 4 heteroatoms. The molecule has 0 radical (unpaired) electrons. The standard InChI is InChI=1S/C26H28ClNO2/c1-3-4-17-30-24-15-9-20(10-16-24)25(28-23-13-11-22(27)12-14-23)18-26(29)21-7-5-19(2)6-8-21/h5-16,25,28H,3-4,17-18H2,1-2H3/t25-/m1/s1. The molecule has 0 unspecified atom stereocenters. The van der Waals surface area contributed by atoms with Gasteiger partial charge in [-0.1, -0.05) is 66.9 Å². The minimum Gasteiger partial charge on any atom is -0.494 e. The van der Waals surface area contributed by atoms with E-state index >= 15 is 0 Å². The number of hydrogen-bond donors (Lipinski definition) is 1. The van der Waals surface area contributed by atoms with E-state index in [9.17, 15) is 4.79 Å². The third kappa shape index (κ3) is 6.36. The van der Waals surface area contributed by atoms with Gasteiger partial charge in [0, 0.05) is 22.7 Å². The van der Waals surface area contributed by atoms with Crippen LogP contribution >= 0.6 is 11.6 Å². The normalized spacial score (nSPS) is 11.7. The Kier molecular flexibility index (Phi) is 7.92. The highest BCUT2D eigenvalue weighted by Gasteiger charge is 2.18. The fraction of sp³-hybridized carbons (Fsp3) is 0.269. The topological polar surface area (TPSA) is 38.3 Å². The van der Waals surface area contributed by atoms with Crippen LogP contribution in [0.15, 0.2) is 72.8 Å². The Balaban J connectivity index is 1.78. The van der Waals surface area contributed by atoms with Crippen molar-refractivity contribution in [1.82, 2.24) is 0 Å². The highest BCUT2D eigenvalue weighted by Crippen LogP contribution is 2.27. The highest BCUT2D eigenvalue weighted by molar-refractivity contribution is 6.30. The maximum atomic E-state index is 12.9. The van der Waals surface area contributed by atoms with Crippen molar-refractivity contribution in [2.75, 3.05) is 11.9 Å². The van der Waals surface area contributed by atoms with E-state index < -0.39 is 0 Å². The average Bonchev–Trinajstić information content (AvgIpc) is 2.76. The minimum absolute atomic E-state index is 0.102. The van der Waals surface area contributed by atoms with Gasteiger partial charge in [-0.3, -0.25) is 4.79 Å². The van der Waals surface area contributed by atoms with E-state index in [1.165, 1.54) is 0 Å². The molecule has 3 rings (SSSR count). The van der Waals surface area contributed by atoms with Gasteiger partial charge in [0.25, 0.3) is 0 Å². The lowest BCUT2D eigenvalue weighted by Crippen LogP contribution is -2.16. The van der Waals surface area contributed by atoms with Gasteiger partial charge in [0.15, 0.2) is 5.78 Å². The molecular weight excluding hydrogens is 394 g/mol. The predicted octanol–water partition coefficient (Wildman–Crippen LogP) is 7.25. The summed E-state index contributed by atoms with van der Waals surface area (Å²) in [5, 5.41) is 4.17. The summed E-state index contributed by atoms with van der Waals surface area (Å²) in [5.74, 6) is 0.951. The second-order valence-electron chi connectivity index (χ2n) is 7.47. The number of anilines is 1. The van der Waals surface area contributed by atoms with Crippen molar-refractivity contribution in [3.8, 4) is 5.75 Å². The van der Waals surface area contributed by atoms with Gasteiger partial charge >= 0.3 is 0 Å². The first-order valence-electron chi connectivity index (χ1n) is 10.4. The zero-order valence-corrected chi connectivity index (χ0v) is 18.3. The molecule has 30 heavy (non-hydrogen) atoms. The van der Waals surface area contributed by atoms with Crippen molar-refractivity contribution in [2.24, 2.45) is 0 Å². The second-order valence-corrected chi connectivity index (χ2v) is 7.90. The van der Waals surface area contributed by atoms with Crippen molar-refractivity contribution in [1.29, 1.82) is 0 Å². The first kappa shape index (κ1) is 21.9. The molecule has 0 aliphatic heterocycles. The van der Waals surface area contributed by atoms with Gasteiger partial charge in [-0.2, -0.15) is 0 Å². The number of benzene rings is 3. The molecule has 3 aromatic carbocycles. The Morgan fingerprint density at radius 2 is 1.63 bits per heavy atom. The number of carbonyl (C=O) groups excluding carboxylic acids is 1. The van der Waals surface area contributed by atoms with Crippen molar-refractivity contribution in [2.45, 2.75) is 39.2 Å². The smallest absolute Gasteiger partial charge is 0.165 e. The molecule has 3 aromatic rings. The molecule has 3 nitrogen and oxygen atoms in total. The van der Waals surface area contributed by atoms with Gasteiger partial charge in [-0.15, -0.1) is 0 Å². The molecule has 1 N–H and O–H groups in total. The summed E-state index contributed by atoms with van der Waals surface area (Å²) in [6, 6.07) is 23.1. The molecule has 0 aliphatic carbocycles. The Morgan fingerprint density at radius 3 is 2.27 bits per heavy atom. The fourth-order valence-corrected chi connectivity index (χ4v) is 3.30. The molecule has 0 aliphatic rings. The van der Waals surface area contributed by atoms with Crippen molar-refractivity contribution >= 4 is 23.1 Å². The zero-order chi connectivity index (χ0) is 21.3. The Hall–Kier alpha value is -2.78. The van der Waals surface area contributed by atoms with Crippen molar-refractivity contribution < 1.29 is 9.53 Å². The highest BCUT2D eigenvalue weighted by atomic mass is 35.5.